The van der Waals surface area contributed by atoms with Crippen LogP contribution < -0.4 is 0 Å². The molecule has 2 heterocycles. The van der Waals surface area contributed by atoms with Crippen LogP contribution in [-0.2, 0) is 20.0 Å². The number of aryl methyl sites for hydroxylation is 3. The summed E-state index contributed by atoms with van der Waals surface area (Å²) in [5, 5.41) is 6.57. The van der Waals surface area contributed by atoms with Crippen LogP contribution >= 0.6 is 12.2 Å². The molecule has 2 aromatic rings. The summed E-state index contributed by atoms with van der Waals surface area (Å²) in [5.41, 5.74) is 1.19. The fraction of sp³-hybridized carbons (Fsp3) is 0.375. The van der Waals surface area contributed by atoms with Crippen molar-refractivity contribution in [1.29, 1.82) is 0 Å². The van der Waals surface area contributed by atoms with Crippen LogP contribution in [-0.4, -0.2) is 24.3 Å². The number of rotatable bonds is 3. The number of nitrogens with one attached hydrogen (secondary N) is 1. The van der Waals surface area contributed by atoms with Crippen LogP contribution in [0.5, 0.6) is 0 Å². The van der Waals surface area contributed by atoms with Gasteiger partial charge in [0.05, 0.1) is 6.33 Å². The molecular formula is C8H11N5S. The van der Waals surface area contributed by atoms with Crippen LogP contribution in [0.15, 0.2) is 18.9 Å². The highest BCUT2D eigenvalue weighted by Crippen LogP contribution is 2.00. The highest BCUT2D eigenvalue weighted by Gasteiger charge is 1.99. The van der Waals surface area contributed by atoms with Crippen LogP contribution in [0, 0.1) is 4.77 Å². The zero-order valence-corrected chi connectivity index (χ0v) is 8.66. The summed E-state index contributed by atoms with van der Waals surface area (Å²) in [7, 11) is 1.98. The van der Waals surface area contributed by atoms with Crippen molar-refractivity contribution in [1.82, 2.24) is 24.3 Å². The van der Waals surface area contributed by atoms with Gasteiger partial charge in [-0.3, -0.25) is 5.10 Å². The van der Waals surface area contributed by atoms with Crippen molar-refractivity contribution < 1.29 is 0 Å². The summed E-state index contributed by atoms with van der Waals surface area (Å²) < 4.78 is 4.57. The lowest BCUT2D eigenvalue weighted by Crippen LogP contribution is -2.03. The van der Waals surface area contributed by atoms with E-state index in [9.17, 15) is 0 Å². The molecule has 2 rings (SSSR count). The topological polar surface area (TPSA) is 51.4 Å². The standard InChI is InChI=1S/C8H11N5S/c1-12-5-9-4-7(12)2-3-13-6-10-11-8(13)14/h4-6H,2-3H2,1H3,(H,11,14). The SMILES string of the molecule is Cn1cncc1CCn1cn[nH]c1=S. The molecule has 0 unspecified atom stereocenters. The summed E-state index contributed by atoms with van der Waals surface area (Å²) in [6, 6.07) is 0. The van der Waals surface area contributed by atoms with Gasteiger partial charge in [0.1, 0.15) is 6.33 Å². The summed E-state index contributed by atoms with van der Waals surface area (Å²) >= 11 is 5.04. The highest BCUT2D eigenvalue weighted by atomic mass is 32.1. The first-order valence-electron chi connectivity index (χ1n) is 4.32. The van der Waals surface area contributed by atoms with Gasteiger partial charge in [-0.15, -0.1) is 0 Å². The van der Waals surface area contributed by atoms with E-state index in [1.165, 1.54) is 5.69 Å². The number of nitrogens with zero attached hydrogens (tertiary/aromatic N) is 4. The minimum atomic E-state index is 0.659. The Balaban J connectivity index is 2.05. The minimum Gasteiger partial charge on any atom is -0.338 e. The predicted octanol–water partition coefficient (Wildman–Crippen LogP) is 0.917. The molecular weight excluding hydrogens is 198 g/mol. The van der Waals surface area contributed by atoms with Crippen molar-refractivity contribution >= 4 is 12.2 Å². The van der Waals surface area contributed by atoms with E-state index >= 15 is 0 Å². The van der Waals surface area contributed by atoms with Gasteiger partial charge < -0.3 is 9.13 Å². The van der Waals surface area contributed by atoms with Crippen molar-refractivity contribution in [3.63, 3.8) is 0 Å². The third-order valence-electron chi connectivity index (χ3n) is 2.14. The van der Waals surface area contributed by atoms with E-state index in [-0.39, 0.29) is 0 Å². The van der Waals surface area contributed by atoms with Gasteiger partial charge in [0.25, 0.3) is 0 Å². The van der Waals surface area contributed by atoms with Crippen molar-refractivity contribution in [3.8, 4) is 0 Å². The second kappa shape index (κ2) is 3.75. The molecule has 0 bridgehead atoms. The van der Waals surface area contributed by atoms with Crippen molar-refractivity contribution in [3.05, 3.63) is 29.3 Å². The zero-order chi connectivity index (χ0) is 9.97. The molecule has 0 fully saturated rings. The van der Waals surface area contributed by atoms with Crippen molar-refractivity contribution in [2.45, 2.75) is 13.0 Å². The second-order valence-electron chi connectivity index (χ2n) is 3.10. The van der Waals surface area contributed by atoms with Crippen molar-refractivity contribution in [2.75, 3.05) is 0 Å². The van der Waals surface area contributed by atoms with Gasteiger partial charge in [0.15, 0.2) is 4.77 Å². The molecule has 0 aliphatic rings. The molecule has 0 spiro atoms. The lowest BCUT2D eigenvalue weighted by atomic mass is 10.3. The molecule has 0 amide bonds. The van der Waals surface area contributed by atoms with Gasteiger partial charge in [-0.2, -0.15) is 5.10 Å². The largest absolute Gasteiger partial charge is 0.338 e. The molecule has 6 heteroatoms. The molecule has 0 aliphatic carbocycles. The minimum absolute atomic E-state index is 0.659. The van der Waals surface area contributed by atoms with Crippen LogP contribution in [0.2, 0.25) is 0 Å². The molecule has 74 valence electrons. The molecule has 0 aliphatic heterocycles. The number of hydrogen-bond donors (Lipinski definition) is 1. The van der Waals surface area contributed by atoms with Gasteiger partial charge in [-0.05, 0) is 12.2 Å². The molecule has 2 aromatic heterocycles. The van der Waals surface area contributed by atoms with E-state index in [1.807, 2.05) is 22.4 Å². The molecule has 5 nitrogen and oxygen atoms in total. The number of aromatic amines is 1. The Bertz CT molecular complexity index is 466. The molecule has 14 heavy (non-hydrogen) atoms. The van der Waals surface area contributed by atoms with Gasteiger partial charge in [0, 0.05) is 31.9 Å². The van der Waals surface area contributed by atoms with E-state index < -0.39 is 0 Å². The maximum atomic E-state index is 5.04. The Morgan fingerprint density at radius 1 is 1.50 bits per heavy atom. The molecule has 1 N–H and O–H groups in total. The van der Waals surface area contributed by atoms with E-state index in [4.69, 9.17) is 12.2 Å². The van der Waals surface area contributed by atoms with E-state index in [2.05, 4.69) is 15.2 Å². The van der Waals surface area contributed by atoms with Crippen LogP contribution in [0.25, 0.3) is 0 Å². The third-order valence-corrected chi connectivity index (χ3v) is 2.47. The van der Waals surface area contributed by atoms with E-state index in [1.54, 1.807) is 12.7 Å². The second-order valence-corrected chi connectivity index (χ2v) is 3.49. The average Bonchev–Trinajstić information content (AvgIpc) is 2.72. The Morgan fingerprint density at radius 2 is 2.36 bits per heavy atom. The first-order chi connectivity index (χ1) is 6.77. The van der Waals surface area contributed by atoms with Gasteiger partial charge in [-0.1, -0.05) is 0 Å². The van der Waals surface area contributed by atoms with Crippen LogP contribution in [0.1, 0.15) is 5.69 Å². The first kappa shape index (κ1) is 9.14. The van der Waals surface area contributed by atoms with Gasteiger partial charge in [-0.25, -0.2) is 4.98 Å². The quantitative estimate of drug-likeness (QED) is 0.765. The monoisotopic (exact) mass is 209 g/mol. The number of imidazole rings is 1. The molecule has 0 radical (unpaired) electrons. The number of hydrogen-bond acceptors (Lipinski definition) is 3. The van der Waals surface area contributed by atoms with Crippen LogP contribution in [0.3, 0.4) is 0 Å². The van der Waals surface area contributed by atoms with Crippen LogP contribution in [0.4, 0.5) is 0 Å². The maximum absolute atomic E-state index is 5.04. The molecule has 0 aromatic carbocycles. The number of aromatic nitrogens is 5. The Hall–Kier alpha value is -1.43. The predicted molar refractivity (Wildman–Crippen MR) is 54.3 cm³/mol. The first-order valence-corrected chi connectivity index (χ1v) is 4.73. The maximum Gasteiger partial charge on any atom is 0.194 e. The summed E-state index contributed by atoms with van der Waals surface area (Å²) in [6.45, 7) is 0.828. The van der Waals surface area contributed by atoms with Gasteiger partial charge >= 0.3 is 0 Å². The highest BCUT2D eigenvalue weighted by molar-refractivity contribution is 7.71. The lowest BCUT2D eigenvalue weighted by molar-refractivity contribution is 0.656. The van der Waals surface area contributed by atoms with E-state index in [0.29, 0.717) is 4.77 Å². The number of H-pyrrole nitrogens is 1. The normalized spacial score (nSPS) is 10.6. The summed E-state index contributed by atoms with van der Waals surface area (Å²) in [5.74, 6) is 0. The summed E-state index contributed by atoms with van der Waals surface area (Å²) in [4.78, 5) is 4.05. The third kappa shape index (κ3) is 1.74. The zero-order valence-electron chi connectivity index (χ0n) is 7.84. The molecule has 0 saturated heterocycles. The molecule has 0 atom stereocenters. The smallest absolute Gasteiger partial charge is 0.194 e. The fourth-order valence-electron chi connectivity index (χ4n) is 1.29. The Labute approximate surface area is 86.4 Å². The van der Waals surface area contributed by atoms with Crippen molar-refractivity contribution in [2.24, 2.45) is 7.05 Å². The average molecular weight is 209 g/mol. The Kier molecular flexibility index (Phi) is 2.45. The van der Waals surface area contributed by atoms with E-state index in [0.717, 1.165) is 13.0 Å². The Morgan fingerprint density at radius 3 is 2.93 bits per heavy atom. The summed E-state index contributed by atoms with van der Waals surface area (Å²) in [6.07, 6.45) is 6.27. The fourth-order valence-corrected chi connectivity index (χ4v) is 1.48. The lowest BCUT2D eigenvalue weighted by Gasteiger charge is -2.02. The van der Waals surface area contributed by atoms with Gasteiger partial charge in [0.2, 0.25) is 0 Å². The molecule has 0 saturated carbocycles.